The van der Waals surface area contributed by atoms with E-state index in [2.05, 4.69) is 5.32 Å². The molecule has 0 saturated carbocycles. The molecule has 6 heteroatoms. The highest BCUT2D eigenvalue weighted by Gasteiger charge is 2.39. The fourth-order valence-corrected chi connectivity index (χ4v) is 2.46. The first-order chi connectivity index (χ1) is 10.5. The van der Waals surface area contributed by atoms with Crippen molar-refractivity contribution in [1.29, 1.82) is 0 Å². The van der Waals surface area contributed by atoms with Crippen molar-refractivity contribution in [3.63, 3.8) is 0 Å². The third-order valence-electron chi connectivity index (χ3n) is 3.56. The summed E-state index contributed by atoms with van der Waals surface area (Å²) in [6, 6.07) is 8.46. The molecule has 3 N–H and O–H groups in total. The zero-order valence-corrected chi connectivity index (χ0v) is 13.0. The van der Waals surface area contributed by atoms with E-state index in [9.17, 15) is 9.59 Å². The van der Waals surface area contributed by atoms with Gasteiger partial charge in [0, 0.05) is 13.0 Å². The number of benzene rings is 1. The van der Waals surface area contributed by atoms with Gasteiger partial charge in [-0.1, -0.05) is 32.0 Å². The van der Waals surface area contributed by atoms with Crippen LogP contribution in [0.1, 0.15) is 20.3 Å². The van der Waals surface area contributed by atoms with Crippen molar-refractivity contribution in [1.82, 2.24) is 10.2 Å². The largest absolute Gasteiger partial charge is 0.488 e. The zero-order valence-electron chi connectivity index (χ0n) is 13.0. The van der Waals surface area contributed by atoms with Gasteiger partial charge in [0.2, 0.25) is 5.91 Å². The van der Waals surface area contributed by atoms with Crippen LogP contribution in [0.25, 0.3) is 0 Å². The Bertz CT molecular complexity index is 519. The molecule has 0 radical (unpaired) electrons. The number of hydrogen-bond acceptors (Lipinski definition) is 3. The predicted octanol–water partition coefficient (Wildman–Crippen LogP) is 1.36. The predicted molar refractivity (Wildman–Crippen MR) is 83.4 cm³/mol. The quantitative estimate of drug-likeness (QED) is 0.861. The van der Waals surface area contributed by atoms with Crippen LogP contribution in [-0.2, 0) is 4.79 Å². The maximum absolute atomic E-state index is 12.2. The summed E-state index contributed by atoms with van der Waals surface area (Å²) < 4.78 is 5.83. The average Bonchev–Trinajstić information content (AvgIpc) is 2.90. The lowest BCUT2D eigenvalue weighted by Crippen LogP contribution is -2.48. The standard InChI is InChI=1S/C16H23N3O3/c1-11(2)9-18-16(21)19-10-13(8-14(19)15(17)20)22-12-6-4-3-5-7-12/h3-7,11,13-14H,8-10H2,1-2H3,(H2,17,20)(H,18,21). The summed E-state index contributed by atoms with van der Waals surface area (Å²) in [5, 5.41) is 2.82. The number of urea groups is 1. The lowest BCUT2D eigenvalue weighted by atomic mass is 10.2. The number of amides is 3. The fourth-order valence-electron chi connectivity index (χ4n) is 2.46. The summed E-state index contributed by atoms with van der Waals surface area (Å²) >= 11 is 0. The van der Waals surface area contributed by atoms with Crippen molar-refractivity contribution in [2.45, 2.75) is 32.4 Å². The summed E-state index contributed by atoms with van der Waals surface area (Å²) in [6.45, 7) is 4.94. The van der Waals surface area contributed by atoms with E-state index in [1.54, 1.807) is 0 Å². The minimum atomic E-state index is -0.624. The maximum Gasteiger partial charge on any atom is 0.318 e. The number of nitrogens with zero attached hydrogens (tertiary/aromatic N) is 1. The lowest BCUT2D eigenvalue weighted by Gasteiger charge is -2.22. The van der Waals surface area contributed by atoms with Gasteiger partial charge in [0.1, 0.15) is 17.9 Å². The summed E-state index contributed by atoms with van der Waals surface area (Å²) in [5.41, 5.74) is 5.42. The molecule has 3 amide bonds. The zero-order chi connectivity index (χ0) is 16.1. The molecule has 0 bridgehead atoms. The van der Waals surface area contributed by atoms with Crippen molar-refractivity contribution < 1.29 is 14.3 Å². The molecule has 0 aromatic heterocycles. The minimum absolute atomic E-state index is 0.232. The van der Waals surface area contributed by atoms with Gasteiger partial charge in [-0.15, -0.1) is 0 Å². The number of nitrogens with two attached hydrogens (primary N) is 1. The Morgan fingerprint density at radius 3 is 2.64 bits per heavy atom. The van der Waals surface area contributed by atoms with Gasteiger partial charge in [-0.2, -0.15) is 0 Å². The van der Waals surface area contributed by atoms with E-state index in [4.69, 9.17) is 10.5 Å². The van der Waals surface area contributed by atoms with Crippen molar-refractivity contribution >= 4 is 11.9 Å². The molecule has 1 aromatic carbocycles. The van der Waals surface area contributed by atoms with Crippen molar-refractivity contribution in [2.75, 3.05) is 13.1 Å². The molecule has 2 rings (SSSR count). The lowest BCUT2D eigenvalue weighted by molar-refractivity contribution is -0.121. The second-order valence-electron chi connectivity index (χ2n) is 5.94. The SMILES string of the molecule is CC(C)CNC(=O)N1CC(Oc2ccccc2)CC1C(N)=O. The molecule has 22 heavy (non-hydrogen) atoms. The van der Waals surface area contributed by atoms with Gasteiger partial charge in [0.05, 0.1) is 6.54 Å². The Hall–Kier alpha value is -2.24. The van der Waals surface area contributed by atoms with Gasteiger partial charge in [-0.05, 0) is 18.1 Å². The molecular weight excluding hydrogens is 282 g/mol. The Balaban J connectivity index is 2.00. The normalized spacial score (nSPS) is 21.0. The highest BCUT2D eigenvalue weighted by molar-refractivity contribution is 5.86. The highest BCUT2D eigenvalue weighted by atomic mass is 16.5. The minimum Gasteiger partial charge on any atom is -0.488 e. The van der Waals surface area contributed by atoms with E-state index in [-0.39, 0.29) is 12.1 Å². The van der Waals surface area contributed by atoms with E-state index in [1.165, 1.54) is 4.90 Å². The van der Waals surface area contributed by atoms with E-state index in [0.717, 1.165) is 5.75 Å². The molecule has 120 valence electrons. The number of likely N-dealkylation sites (tertiary alicyclic amines) is 1. The first-order valence-electron chi connectivity index (χ1n) is 7.53. The van der Waals surface area contributed by atoms with Crippen molar-refractivity contribution in [2.24, 2.45) is 11.7 Å². The number of ether oxygens (including phenoxy) is 1. The highest BCUT2D eigenvalue weighted by Crippen LogP contribution is 2.23. The van der Waals surface area contributed by atoms with Crippen LogP contribution in [0.4, 0.5) is 4.79 Å². The Labute approximate surface area is 130 Å². The second kappa shape index (κ2) is 7.15. The monoisotopic (exact) mass is 305 g/mol. The first-order valence-corrected chi connectivity index (χ1v) is 7.53. The average molecular weight is 305 g/mol. The molecule has 1 aliphatic rings. The van der Waals surface area contributed by atoms with Gasteiger partial charge in [-0.25, -0.2) is 4.79 Å². The Kier molecular flexibility index (Phi) is 5.25. The summed E-state index contributed by atoms with van der Waals surface area (Å²) in [7, 11) is 0. The maximum atomic E-state index is 12.2. The molecule has 0 spiro atoms. The molecule has 1 heterocycles. The molecule has 2 unspecified atom stereocenters. The third-order valence-corrected chi connectivity index (χ3v) is 3.56. The van der Waals surface area contributed by atoms with Gasteiger partial charge in [0.25, 0.3) is 0 Å². The topological polar surface area (TPSA) is 84.7 Å². The molecular formula is C16H23N3O3. The number of para-hydroxylation sites is 1. The first kappa shape index (κ1) is 16.1. The number of primary amides is 1. The van der Waals surface area contributed by atoms with Gasteiger partial charge in [0.15, 0.2) is 0 Å². The van der Waals surface area contributed by atoms with Crippen LogP contribution in [-0.4, -0.2) is 42.1 Å². The van der Waals surface area contributed by atoms with E-state index in [1.807, 2.05) is 44.2 Å². The number of hydrogen-bond donors (Lipinski definition) is 2. The molecule has 1 saturated heterocycles. The summed E-state index contributed by atoms with van der Waals surface area (Å²) in [4.78, 5) is 25.3. The Morgan fingerprint density at radius 1 is 1.36 bits per heavy atom. The smallest absolute Gasteiger partial charge is 0.318 e. The summed E-state index contributed by atoms with van der Waals surface area (Å²) in [5.74, 6) is 0.564. The van der Waals surface area contributed by atoms with Crippen molar-refractivity contribution in [3.05, 3.63) is 30.3 Å². The van der Waals surface area contributed by atoms with Crippen LogP contribution in [0.15, 0.2) is 30.3 Å². The molecule has 0 aliphatic carbocycles. The van der Waals surface area contributed by atoms with Crippen LogP contribution in [0, 0.1) is 5.92 Å². The van der Waals surface area contributed by atoms with Crippen LogP contribution in [0.2, 0.25) is 0 Å². The van der Waals surface area contributed by atoms with Crippen LogP contribution < -0.4 is 15.8 Å². The third kappa shape index (κ3) is 4.13. The number of carbonyl (C=O) groups excluding carboxylic acids is 2. The van der Waals surface area contributed by atoms with E-state index >= 15 is 0 Å². The molecule has 1 aromatic rings. The van der Waals surface area contributed by atoms with Gasteiger partial charge in [-0.3, -0.25) is 4.79 Å². The second-order valence-corrected chi connectivity index (χ2v) is 5.94. The van der Waals surface area contributed by atoms with Crippen LogP contribution >= 0.6 is 0 Å². The molecule has 6 nitrogen and oxygen atoms in total. The van der Waals surface area contributed by atoms with Gasteiger partial charge < -0.3 is 20.7 Å². The van der Waals surface area contributed by atoms with E-state index in [0.29, 0.717) is 25.4 Å². The van der Waals surface area contributed by atoms with E-state index < -0.39 is 11.9 Å². The molecule has 1 fully saturated rings. The molecule has 1 aliphatic heterocycles. The van der Waals surface area contributed by atoms with Crippen molar-refractivity contribution in [3.8, 4) is 5.75 Å². The summed E-state index contributed by atoms with van der Waals surface area (Å²) in [6.07, 6.45) is 0.184. The molecule has 2 atom stereocenters. The Morgan fingerprint density at radius 2 is 2.05 bits per heavy atom. The van der Waals surface area contributed by atoms with Gasteiger partial charge >= 0.3 is 6.03 Å². The number of carbonyl (C=O) groups is 2. The fraction of sp³-hybridized carbons (Fsp3) is 0.500. The number of nitrogens with one attached hydrogen (secondary N) is 1. The van der Waals surface area contributed by atoms with Crippen LogP contribution in [0.5, 0.6) is 5.75 Å². The van der Waals surface area contributed by atoms with Crippen LogP contribution in [0.3, 0.4) is 0 Å². The number of rotatable bonds is 5.